The molecule has 0 unspecified atom stereocenters. The topological polar surface area (TPSA) is 80.0 Å². The van der Waals surface area contributed by atoms with E-state index in [4.69, 9.17) is 5.84 Å². The predicted molar refractivity (Wildman–Crippen MR) is 83.6 cm³/mol. The third kappa shape index (κ3) is 3.15. The molecule has 104 valence electrons. The van der Waals surface area contributed by atoms with E-state index in [-0.39, 0.29) is 5.91 Å². The maximum Gasteiger partial charge on any atom is 0.255 e. The zero-order valence-corrected chi connectivity index (χ0v) is 12.8. The molecule has 1 amide bonds. The number of pyridine rings is 1. The molecule has 0 atom stereocenters. The van der Waals surface area contributed by atoms with Gasteiger partial charge in [0.1, 0.15) is 5.82 Å². The second-order valence-corrected chi connectivity index (χ2v) is 5.32. The Bertz CT molecular complexity index is 634. The Morgan fingerprint density at radius 3 is 2.70 bits per heavy atom. The van der Waals surface area contributed by atoms with Crippen molar-refractivity contribution < 1.29 is 4.79 Å². The Hall–Kier alpha value is -1.92. The summed E-state index contributed by atoms with van der Waals surface area (Å²) in [4.78, 5) is 16.2. The molecule has 0 saturated carbocycles. The first kappa shape index (κ1) is 14.5. The number of carbonyl (C=O) groups is 1. The van der Waals surface area contributed by atoms with Crippen molar-refractivity contribution >= 4 is 33.3 Å². The van der Waals surface area contributed by atoms with E-state index in [0.29, 0.717) is 11.4 Å². The lowest BCUT2D eigenvalue weighted by Gasteiger charge is -2.12. The highest BCUT2D eigenvalue weighted by molar-refractivity contribution is 9.10. The molecule has 4 N–H and O–H groups in total. The SMILES string of the molecule is Cc1cc(C)c(NC(=O)c2ccnc(NN)c2)c(Br)c1. The van der Waals surface area contributed by atoms with Gasteiger partial charge in [-0.1, -0.05) is 6.07 Å². The average Bonchev–Trinajstić information content (AvgIpc) is 2.42. The summed E-state index contributed by atoms with van der Waals surface area (Å²) in [6, 6.07) is 7.20. The highest BCUT2D eigenvalue weighted by Crippen LogP contribution is 2.28. The van der Waals surface area contributed by atoms with E-state index in [1.165, 1.54) is 6.20 Å². The van der Waals surface area contributed by atoms with Crippen molar-refractivity contribution in [2.24, 2.45) is 5.84 Å². The number of hydrogen-bond donors (Lipinski definition) is 3. The van der Waals surface area contributed by atoms with Crippen molar-refractivity contribution in [3.8, 4) is 0 Å². The maximum absolute atomic E-state index is 12.2. The minimum atomic E-state index is -0.212. The van der Waals surface area contributed by atoms with Crippen molar-refractivity contribution in [2.75, 3.05) is 10.7 Å². The fraction of sp³-hybridized carbons (Fsp3) is 0.143. The van der Waals surface area contributed by atoms with Crippen molar-refractivity contribution in [1.29, 1.82) is 0 Å². The van der Waals surface area contributed by atoms with Gasteiger partial charge >= 0.3 is 0 Å². The molecule has 5 nitrogen and oxygen atoms in total. The van der Waals surface area contributed by atoms with Crippen LogP contribution >= 0.6 is 15.9 Å². The highest BCUT2D eigenvalue weighted by Gasteiger charge is 2.11. The molecule has 20 heavy (non-hydrogen) atoms. The number of nitrogens with zero attached hydrogens (tertiary/aromatic N) is 1. The third-order valence-corrected chi connectivity index (χ3v) is 3.47. The molecule has 0 aliphatic heterocycles. The van der Waals surface area contributed by atoms with E-state index in [0.717, 1.165) is 21.3 Å². The van der Waals surface area contributed by atoms with Crippen LogP contribution in [0.4, 0.5) is 11.5 Å². The predicted octanol–water partition coefficient (Wildman–Crippen LogP) is 3.00. The van der Waals surface area contributed by atoms with Crippen LogP contribution in [0.2, 0.25) is 0 Å². The minimum Gasteiger partial charge on any atom is -0.321 e. The molecule has 1 aromatic carbocycles. The molecule has 0 spiro atoms. The number of nitrogens with one attached hydrogen (secondary N) is 2. The Kier molecular flexibility index (Phi) is 4.36. The van der Waals surface area contributed by atoms with E-state index in [9.17, 15) is 4.79 Å². The van der Waals surface area contributed by atoms with Gasteiger partial charge in [-0.3, -0.25) is 4.79 Å². The molecule has 0 aliphatic carbocycles. The van der Waals surface area contributed by atoms with Gasteiger partial charge in [0.15, 0.2) is 0 Å². The zero-order valence-electron chi connectivity index (χ0n) is 11.2. The zero-order chi connectivity index (χ0) is 14.7. The normalized spacial score (nSPS) is 10.2. The lowest BCUT2D eigenvalue weighted by Crippen LogP contribution is -2.15. The summed E-state index contributed by atoms with van der Waals surface area (Å²) < 4.78 is 0.856. The van der Waals surface area contributed by atoms with Crippen LogP contribution < -0.4 is 16.6 Å². The summed E-state index contributed by atoms with van der Waals surface area (Å²) >= 11 is 3.47. The lowest BCUT2D eigenvalue weighted by molar-refractivity contribution is 0.102. The number of rotatable bonds is 3. The van der Waals surface area contributed by atoms with E-state index < -0.39 is 0 Å². The molecule has 6 heteroatoms. The quantitative estimate of drug-likeness (QED) is 0.595. The van der Waals surface area contributed by atoms with Crippen LogP contribution in [0.25, 0.3) is 0 Å². The van der Waals surface area contributed by atoms with Crippen molar-refractivity contribution in [3.63, 3.8) is 0 Å². The Balaban J connectivity index is 2.28. The number of benzene rings is 1. The summed E-state index contributed by atoms with van der Waals surface area (Å²) in [6.45, 7) is 3.96. The van der Waals surface area contributed by atoms with E-state index in [1.807, 2.05) is 26.0 Å². The number of hydrazine groups is 1. The summed E-state index contributed by atoms with van der Waals surface area (Å²) in [5.74, 6) is 5.52. The van der Waals surface area contributed by atoms with Gasteiger partial charge in [0, 0.05) is 16.2 Å². The largest absolute Gasteiger partial charge is 0.321 e. The fourth-order valence-corrected chi connectivity index (χ4v) is 2.68. The summed E-state index contributed by atoms with van der Waals surface area (Å²) in [7, 11) is 0. The van der Waals surface area contributed by atoms with E-state index in [2.05, 4.69) is 31.7 Å². The number of nitrogen functional groups attached to an aromatic ring is 1. The third-order valence-electron chi connectivity index (χ3n) is 2.84. The van der Waals surface area contributed by atoms with Crippen LogP contribution in [0.15, 0.2) is 34.9 Å². The molecule has 1 aromatic heterocycles. The molecule has 1 heterocycles. The fourth-order valence-electron chi connectivity index (χ4n) is 1.91. The van der Waals surface area contributed by atoms with Gasteiger partial charge < -0.3 is 10.7 Å². The molecular weight excluding hydrogens is 320 g/mol. The first-order valence-corrected chi connectivity index (χ1v) is 6.81. The molecular formula is C14H15BrN4O. The first-order valence-electron chi connectivity index (χ1n) is 6.02. The maximum atomic E-state index is 12.2. The van der Waals surface area contributed by atoms with Crippen LogP contribution in [0.5, 0.6) is 0 Å². The Morgan fingerprint density at radius 2 is 2.05 bits per heavy atom. The number of aromatic nitrogens is 1. The van der Waals surface area contributed by atoms with Crippen LogP contribution in [-0.4, -0.2) is 10.9 Å². The van der Waals surface area contributed by atoms with Crippen molar-refractivity contribution in [2.45, 2.75) is 13.8 Å². The van der Waals surface area contributed by atoms with Gasteiger partial charge in [0.25, 0.3) is 5.91 Å². The standard InChI is InChI=1S/C14H15BrN4O/c1-8-5-9(2)13(11(15)6-8)18-14(20)10-3-4-17-12(7-10)19-16/h3-7H,16H2,1-2H3,(H,17,19)(H,18,20). The molecule has 2 rings (SSSR count). The van der Waals surface area contributed by atoms with Gasteiger partial charge in [-0.05, 0) is 59.1 Å². The smallest absolute Gasteiger partial charge is 0.255 e. The van der Waals surface area contributed by atoms with Gasteiger partial charge in [-0.2, -0.15) is 0 Å². The van der Waals surface area contributed by atoms with Gasteiger partial charge in [-0.15, -0.1) is 0 Å². The van der Waals surface area contributed by atoms with Crippen molar-refractivity contribution in [1.82, 2.24) is 4.98 Å². The van der Waals surface area contributed by atoms with Gasteiger partial charge in [0.2, 0.25) is 0 Å². The first-order chi connectivity index (χ1) is 9.51. The molecule has 0 fully saturated rings. The van der Waals surface area contributed by atoms with Crippen molar-refractivity contribution in [3.05, 3.63) is 51.6 Å². The second-order valence-electron chi connectivity index (χ2n) is 4.47. The highest BCUT2D eigenvalue weighted by atomic mass is 79.9. The average molecular weight is 335 g/mol. The van der Waals surface area contributed by atoms with Gasteiger partial charge in [0.05, 0.1) is 5.69 Å². The second kappa shape index (κ2) is 6.02. The molecule has 0 saturated heterocycles. The number of aryl methyl sites for hydroxylation is 2. The number of anilines is 2. The van der Waals surface area contributed by atoms with Crippen LogP contribution in [-0.2, 0) is 0 Å². The minimum absolute atomic E-state index is 0.212. The summed E-state index contributed by atoms with van der Waals surface area (Å²) in [6.07, 6.45) is 1.53. The summed E-state index contributed by atoms with van der Waals surface area (Å²) in [5.41, 5.74) is 5.79. The Labute approximate surface area is 125 Å². The van der Waals surface area contributed by atoms with Crippen LogP contribution in [0, 0.1) is 13.8 Å². The van der Waals surface area contributed by atoms with Crippen LogP contribution in [0.3, 0.4) is 0 Å². The molecule has 0 bridgehead atoms. The van der Waals surface area contributed by atoms with E-state index in [1.54, 1.807) is 12.1 Å². The number of nitrogens with two attached hydrogens (primary N) is 1. The summed E-state index contributed by atoms with van der Waals surface area (Å²) in [5, 5.41) is 2.89. The molecule has 2 aromatic rings. The Morgan fingerprint density at radius 1 is 1.30 bits per heavy atom. The number of carbonyl (C=O) groups excluding carboxylic acids is 1. The number of halogens is 1. The lowest BCUT2D eigenvalue weighted by atomic mass is 10.1. The van der Waals surface area contributed by atoms with E-state index >= 15 is 0 Å². The monoisotopic (exact) mass is 334 g/mol. The molecule has 0 aliphatic rings. The number of amides is 1. The van der Waals surface area contributed by atoms with Crippen LogP contribution in [0.1, 0.15) is 21.5 Å². The molecule has 0 radical (unpaired) electrons. The number of hydrogen-bond acceptors (Lipinski definition) is 4. The van der Waals surface area contributed by atoms with Gasteiger partial charge in [-0.25, -0.2) is 10.8 Å².